The van der Waals surface area contributed by atoms with Crippen LogP contribution in [0.4, 0.5) is 5.69 Å². The quantitative estimate of drug-likeness (QED) is 0.477. The molecule has 0 amide bonds. The Bertz CT molecular complexity index is 563. The zero-order valence-corrected chi connectivity index (χ0v) is 14.2. The molecule has 102 valence electrons. The summed E-state index contributed by atoms with van der Waals surface area (Å²) >= 11 is 1.71. The SMILES string of the molecule is Cc1cccc(NC(N)=NCc2sccc2C)c1.I. The number of hydrogen-bond donors (Lipinski definition) is 2. The number of rotatable bonds is 3. The first-order valence-corrected chi connectivity index (χ1v) is 6.69. The van der Waals surface area contributed by atoms with Crippen molar-refractivity contribution >= 4 is 47.0 Å². The first-order chi connectivity index (χ1) is 8.65. The predicted octanol–water partition coefficient (Wildman–Crippen LogP) is 3.91. The summed E-state index contributed by atoms with van der Waals surface area (Å²) in [6, 6.07) is 10.2. The summed E-state index contributed by atoms with van der Waals surface area (Å²) in [5.41, 5.74) is 9.30. The molecule has 0 aliphatic heterocycles. The summed E-state index contributed by atoms with van der Waals surface area (Å²) in [5.74, 6) is 0.452. The van der Waals surface area contributed by atoms with Crippen molar-refractivity contribution in [2.75, 3.05) is 5.32 Å². The minimum Gasteiger partial charge on any atom is -0.370 e. The number of nitrogens with two attached hydrogens (primary N) is 1. The number of nitrogens with one attached hydrogen (secondary N) is 1. The molecule has 1 aromatic carbocycles. The standard InChI is InChI=1S/C14H17N3S.HI/c1-10-4-3-5-12(8-10)17-14(15)16-9-13-11(2)6-7-18-13;/h3-8H,9H2,1-2H3,(H3,15,16,17);1H. The van der Waals surface area contributed by atoms with Crippen LogP contribution >= 0.6 is 35.3 Å². The number of aryl methyl sites for hydroxylation is 2. The molecule has 3 N–H and O–H groups in total. The summed E-state index contributed by atoms with van der Waals surface area (Å²) in [7, 11) is 0. The first-order valence-electron chi connectivity index (χ1n) is 5.82. The van der Waals surface area contributed by atoms with Crippen LogP contribution in [0.5, 0.6) is 0 Å². The fraction of sp³-hybridized carbons (Fsp3) is 0.214. The molecular formula is C14H18IN3S. The first kappa shape index (κ1) is 16.0. The molecule has 0 bridgehead atoms. The number of benzene rings is 1. The zero-order valence-electron chi connectivity index (χ0n) is 11.0. The van der Waals surface area contributed by atoms with Gasteiger partial charge in [-0.1, -0.05) is 12.1 Å². The second-order valence-corrected chi connectivity index (χ2v) is 5.22. The van der Waals surface area contributed by atoms with Gasteiger partial charge in [-0.3, -0.25) is 0 Å². The number of aliphatic imine (C=N–C) groups is 1. The van der Waals surface area contributed by atoms with Crippen LogP contribution in [0.25, 0.3) is 0 Å². The molecule has 0 aliphatic rings. The van der Waals surface area contributed by atoms with Crippen molar-refractivity contribution < 1.29 is 0 Å². The molecule has 5 heteroatoms. The maximum Gasteiger partial charge on any atom is 0.193 e. The Morgan fingerprint density at radius 3 is 2.74 bits per heavy atom. The highest BCUT2D eigenvalue weighted by Gasteiger charge is 1.99. The van der Waals surface area contributed by atoms with Gasteiger partial charge in [-0.2, -0.15) is 0 Å². The van der Waals surface area contributed by atoms with E-state index in [0.717, 1.165) is 5.69 Å². The third-order valence-corrected chi connectivity index (χ3v) is 3.66. The molecule has 3 nitrogen and oxygen atoms in total. The van der Waals surface area contributed by atoms with Crippen molar-refractivity contribution in [1.82, 2.24) is 0 Å². The third-order valence-electron chi connectivity index (χ3n) is 2.65. The molecular weight excluding hydrogens is 369 g/mol. The number of anilines is 1. The van der Waals surface area contributed by atoms with Gasteiger partial charge in [-0.25, -0.2) is 4.99 Å². The van der Waals surface area contributed by atoms with Gasteiger partial charge >= 0.3 is 0 Å². The van der Waals surface area contributed by atoms with Gasteiger partial charge in [0.25, 0.3) is 0 Å². The number of guanidine groups is 1. The van der Waals surface area contributed by atoms with E-state index in [0.29, 0.717) is 12.5 Å². The molecule has 0 aliphatic carbocycles. The Morgan fingerprint density at radius 1 is 1.32 bits per heavy atom. The lowest BCUT2D eigenvalue weighted by molar-refractivity contribution is 1.08. The van der Waals surface area contributed by atoms with Gasteiger partial charge in [0.2, 0.25) is 0 Å². The molecule has 0 saturated heterocycles. The lowest BCUT2D eigenvalue weighted by Gasteiger charge is -2.06. The average Bonchev–Trinajstić information content (AvgIpc) is 2.72. The molecule has 0 atom stereocenters. The molecule has 1 heterocycles. The molecule has 1 aromatic heterocycles. The minimum absolute atomic E-state index is 0. The van der Waals surface area contributed by atoms with Crippen LogP contribution in [0, 0.1) is 13.8 Å². The van der Waals surface area contributed by atoms with Crippen LogP contribution in [0.3, 0.4) is 0 Å². The summed E-state index contributed by atoms with van der Waals surface area (Å²) in [5, 5.41) is 5.17. The van der Waals surface area contributed by atoms with E-state index in [2.05, 4.69) is 28.7 Å². The molecule has 0 spiro atoms. The van der Waals surface area contributed by atoms with Gasteiger partial charge in [0, 0.05) is 10.6 Å². The van der Waals surface area contributed by atoms with E-state index in [9.17, 15) is 0 Å². The van der Waals surface area contributed by atoms with Gasteiger partial charge < -0.3 is 11.1 Å². The lowest BCUT2D eigenvalue weighted by Crippen LogP contribution is -2.22. The van der Waals surface area contributed by atoms with E-state index in [-0.39, 0.29) is 24.0 Å². The zero-order chi connectivity index (χ0) is 13.0. The molecule has 0 radical (unpaired) electrons. The van der Waals surface area contributed by atoms with E-state index >= 15 is 0 Å². The molecule has 0 unspecified atom stereocenters. The van der Waals surface area contributed by atoms with E-state index in [4.69, 9.17) is 5.73 Å². The van der Waals surface area contributed by atoms with Crippen LogP contribution in [-0.2, 0) is 6.54 Å². The normalized spacial score (nSPS) is 10.9. The average molecular weight is 387 g/mol. The van der Waals surface area contributed by atoms with Gasteiger partial charge in [0.1, 0.15) is 0 Å². The summed E-state index contributed by atoms with van der Waals surface area (Å²) in [4.78, 5) is 5.60. The van der Waals surface area contributed by atoms with E-state index in [1.54, 1.807) is 11.3 Å². The summed E-state index contributed by atoms with van der Waals surface area (Å²) in [6.45, 7) is 4.77. The van der Waals surface area contributed by atoms with Crippen LogP contribution in [-0.4, -0.2) is 5.96 Å². The lowest BCUT2D eigenvalue weighted by atomic mass is 10.2. The van der Waals surface area contributed by atoms with E-state index in [1.165, 1.54) is 16.0 Å². The smallest absolute Gasteiger partial charge is 0.193 e. The molecule has 2 rings (SSSR count). The van der Waals surface area contributed by atoms with Crippen molar-refractivity contribution in [2.45, 2.75) is 20.4 Å². The van der Waals surface area contributed by atoms with Crippen LogP contribution < -0.4 is 11.1 Å². The van der Waals surface area contributed by atoms with Crippen LogP contribution in [0.1, 0.15) is 16.0 Å². The van der Waals surface area contributed by atoms with Crippen LogP contribution in [0.2, 0.25) is 0 Å². The monoisotopic (exact) mass is 387 g/mol. The summed E-state index contributed by atoms with van der Waals surface area (Å²) in [6.07, 6.45) is 0. The Morgan fingerprint density at radius 2 is 2.11 bits per heavy atom. The molecule has 2 aromatic rings. The van der Waals surface area contributed by atoms with Gasteiger partial charge in [0.05, 0.1) is 6.54 Å². The van der Waals surface area contributed by atoms with Gasteiger partial charge in [-0.15, -0.1) is 35.3 Å². The Hall–Kier alpha value is -1.08. The molecule has 0 saturated carbocycles. The largest absolute Gasteiger partial charge is 0.370 e. The van der Waals surface area contributed by atoms with E-state index in [1.807, 2.05) is 31.2 Å². The van der Waals surface area contributed by atoms with Gasteiger partial charge in [0.15, 0.2) is 5.96 Å². The Kier molecular flexibility index (Phi) is 6.30. The number of thiophene rings is 1. The van der Waals surface area contributed by atoms with Gasteiger partial charge in [-0.05, 0) is 48.6 Å². The fourth-order valence-corrected chi connectivity index (χ4v) is 2.46. The highest BCUT2D eigenvalue weighted by Crippen LogP contribution is 2.16. The predicted molar refractivity (Wildman–Crippen MR) is 94.6 cm³/mol. The fourth-order valence-electron chi connectivity index (χ4n) is 1.63. The maximum absolute atomic E-state index is 5.87. The Balaban J connectivity index is 0.00000180. The highest BCUT2D eigenvalue weighted by molar-refractivity contribution is 14.0. The number of hydrogen-bond acceptors (Lipinski definition) is 2. The van der Waals surface area contributed by atoms with Crippen molar-refractivity contribution in [3.8, 4) is 0 Å². The van der Waals surface area contributed by atoms with Crippen molar-refractivity contribution in [3.63, 3.8) is 0 Å². The molecule has 19 heavy (non-hydrogen) atoms. The Labute approximate surface area is 135 Å². The third kappa shape index (κ3) is 4.83. The number of nitrogens with zero attached hydrogens (tertiary/aromatic N) is 1. The number of halogens is 1. The topological polar surface area (TPSA) is 50.4 Å². The second-order valence-electron chi connectivity index (χ2n) is 4.22. The second kappa shape index (κ2) is 7.49. The van der Waals surface area contributed by atoms with Crippen LogP contribution in [0.15, 0.2) is 40.7 Å². The minimum atomic E-state index is 0. The summed E-state index contributed by atoms with van der Waals surface area (Å²) < 4.78 is 0. The van der Waals surface area contributed by atoms with Crippen molar-refractivity contribution in [1.29, 1.82) is 0 Å². The molecule has 0 fully saturated rings. The highest BCUT2D eigenvalue weighted by atomic mass is 127. The van der Waals surface area contributed by atoms with Crippen molar-refractivity contribution in [3.05, 3.63) is 51.7 Å². The van der Waals surface area contributed by atoms with Crippen molar-refractivity contribution in [2.24, 2.45) is 10.7 Å². The maximum atomic E-state index is 5.87. The van der Waals surface area contributed by atoms with E-state index < -0.39 is 0 Å².